The van der Waals surface area contributed by atoms with Gasteiger partial charge < -0.3 is 11.1 Å². The molecule has 0 fully saturated rings. The van der Waals surface area contributed by atoms with E-state index in [0.717, 1.165) is 5.56 Å². The zero-order chi connectivity index (χ0) is 15.5. The molecule has 0 unspecified atom stereocenters. The van der Waals surface area contributed by atoms with E-state index in [1.54, 1.807) is 11.7 Å². The van der Waals surface area contributed by atoms with E-state index < -0.39 is 5.54 Å². The molecule has 0 saturated heterocycles. The number of amides is 1. The highest BCUT2D eigenvalue weighted by atomic mass is 16.2. The second-order valence-corrected chi connectivity index (χ2v) is 5.02. The van der Waals surface area contributed by atoms with Gasteiger partial charge in [-0.2, -0.15) is 0 Å². The zero-order valence-corrected chi connectivity index (χ0v) is 12.5. The Bertz CT molecular complexity index is 632. The maximum Gasteiger partial charge on any atom is 0.244 e. The fourth-order valence-electron chi connectivity index (χ4n) is 2.04. The summed E-state index contributed by atoms with van der Waals surface area (Å²) in [5, 5.41) is 14.2. The molecule has 1 aromatic heterocycles. The van der Waals surface area contributed by atoms with Gasteiger partial charge in [-0.3, -0.25) is 4.79 Å². The molecule has 2 aromatic rings. The van der Waals surface area contributed by atoms with Crippen LogP contribution >= 0.6 is 0 Å². The van der Waals surface area contributed by atoms with Gasteiger partial charge in [0.15, 0.2) is 5.82 Å². The highest BCUT2D eigenvalue weighted by Crippen LogP contribution is 2.21. The summed E-state index contributed by atoms with van der Waals surface area (Å²) in [6.45, 7) is 3.81. The van der Waals surface area contributed by atoms with Gasteiger partial charge in [-0.25, -0.2) is 4.68 Å². The van der Waals surface area contributed by atoms with Crippen molar-refractivity contribution in [1.29, 1.82) is 0 Å². The highest BCUT2D eigenvalue weighted by molar-refractivity contribution is 5.98. The molecule has 0 aliphatic rings. The number of aromatic nitrogens is 4. The van der Waals surface area contributed by atoms with Crippen LogP contribution in [0.5, 0.6) is 0 Å². The van der Waals surface area contributed by atoms with Crippen LogP contribution in [0.3, 0.4) is 0 Å². The Hall–Kier alpha value is -2.28. The van der Waals surface area contributed by atoms with E-state index in [0.29, 0.717) is 24.4 Å². The summed E-state index contributed by atoms with van der Waals surface area (Å²) >= 11 is 0. The van der Waals surface area contributed by atoms with Crippen LogP contribution in [-0.4, -0.2) is 31.7 Å². The first-order chi connectivity index (χ1) is 10.00. The predicted molar refractivity (Wildman–Crippen MR) is 80.4 cm³/mol. The van der Waals surface area contributed by atoms with Crippen molar-refractivity contribution in [2.75, 3.05) is 5.32 Å². The van der Waals surface area contributed by atoms with Crippen LogP contribution in [0.2, 0.25) is 0 Å². The molecule has 0 bridgehead atoms. The van der Waals surface area contributed by atoms with Gasteiger partial charge in [0.05, 0.1) is 5.54 Å². The predicted octanol–water partition coefficient (Wildman–Crippen LogP) is 1.33. The molecule has 0 radical (unpaired) electrons. The quantitative estimate of drug-likeness (QED) is 0.865. The molecule has 0 saturated carbocycles. The lowest BCUT2D eigenvalue weighted by Crippen LogP contribution is -2.50. The molecule has 0 aliphatic heterocycles. The average Bonchev–Trinajstić information content (AvgIpc) is 2.92. The fraction of sp³-hybridized carbons (Fsp3) is 0.429. The maximum atomic E-state index is 12.3. The molecule has 0 aliphatic carbocycles. The van der Waals surface area contributed by atoms with Gasteiger partial charge in [-0.05, 0) is 35.4 Å². The molecular weight excluding hydrogens is 268 g/mol. The third-order valence-corrected chi connectivity index (χ3v) is 3.71. The lowest BCUT2D eigenvalue weighted by Gasteiger charge is -2.25. The van der Waals surface area contributed by atoms with Gasteiger partial charge in [0, 0.05) is 18.3 Å². The number of carbonyl (C=O) groups excluding carboxylic acids is 1. The van der Waals surface area contributed by atoms with E-state index in [4.69, 9.17) is 5.73 Å². The largest absolute Gasteiger partial charge is 0.324 e. The molecule has 1 amide bonds. The van der Waals surface area contributed by atoms with E-state index in [9.17, 15) is 4.79 Å². The molecule has 112 valence electrons. The second kappa shape index (κ2) is 6.01. The summed E-state index contributed by atoms with van der Waals surface area (Å²) in [5.41, 5.74) is 6.76. The van der Waals surface area contributed by atoms with Crippen molar-refractivity contribution < 1.29 is 4.79 Å². The van der Waals surface area contributed by atoms with Crippen LogP contribution in [0.25, 0.3) is 11.4 Å². The fourth-order valence-corrected chi connectivity index (χ4v) is 2.04. The number of rotatable bonds is 5. The summed E-state index contributed by atoms with van der Waals surface area (Å²) < 4.78 is 1.58. The van der Waals surface area contributed by atoms with Crippen molar-refractivity contribution in [1.82, 2.24) is 20.2 Å². The normalized spacial score (nSPS) is 11.4. The van der Waals surface area contributed by atoms with Gasteiger partial charge >= 0.3 is 0 Å². The zero-order valence-electron chi connectivity index (χ0n) is 12.5. The third kappa shape index (κ3) is 3.08. The molecular formula is C14H20N6O. The van der Waals surface area contributed by atoms with Crippen LogP contribution in [0.4, 0.5) is 5.69 Å². The Morgan fingerprint density at radius 2 is 2.10 bits per heavy atom. The number of aryl methyl sites for hydroxylation is 1. The van der Waals surface area contributed by atoms with Crippen molar-refractivity contribution in [3.05, 3.63) is 24.3 Å². The van der Waals surface area contributed by atoms with Gasteiger partial charge in [0.1, 0.15) is 0 Å². The third-order valence-electron chi connectivity index (χ3n) is 3.71. The van der Waals surface area contributed by atoms with Crippen molar-refractivity contribution >= 4 is 11.6 Å². The summed E-state index contributed by atoms with van der Waals surface area (Å²) in [7, 11) is 1.76. The Morgan fingerprint density at radius 3 is 2.67 bits per heavy atom. The molecule has 0 spiro atoms. The summed E-state index contributed by atoms with van der Waals surface area (Å²) in [5.74, 6) is 0.455. The van der Waals surface area contributed by atoms with Crippen LogP contribution in [0.15, 0.2) is 24.3 Å². The first-order valence-electron chi connectivity index (χ1n) is 6.93. The summed E-state index contributed by atoms with van der Waals surface area (Å²) in [6, 6.07) is 7.37. The Labute approximate surface area is 123 Å². The van der Waals surface area contributed by atoms with E-state index in [2.05, 4.69) is 20.8 Å². The minimum Gasteiger partial charge on any atom is -0.324 e. The smallest absolute Gasteiger partial charge is 0.244 e. The lowest BCUT2D eigenvalue weighted by atomic mass is 9.93. The lowest BCUT2D eigenvalue weighted by molar-refractivity contribution is -0.121. The Morgan fingerprint density at radius 1 is 1.38 bits per heavy atom. The number of nitrogens with two attached hydrogens (primary N) is 1. The molecule has 0 atom stereocenters. The Kier molecular flexibility index (Phi) is 4.32. The van der Waals surface area contributed by atoms with Crippen molar-refractivity contribution in [2.45, 2.75) is 32.2 Å². The van der Waals surface area contributed by atoms with E-state index in [1.807, 2.05) is 38.1 Å². The summed E-state index contributed by atoms with van der Waals surface area (Å²) in [4.78, 5) is 12.3. The molecule has 2 rings (SSSR count). The van der Waals surface area contributed by atoms with Crippen LogP contribution in [-0.2, 0) is 11.8 Å². The summed E-state index contributed by atoms with van der Waals surface area (Å²) in [6.07, 6.45) is 1.17. The van der Waals surface area contributed by atoms with Gasteiger partial charge in [0.2, 0.25) is 5.91 Å². The number of hydrogen-bond acceptors (Lipinski definition) is 5. The van der Waals surface area contributed by atoms with Gasteiger partial charge in [-0.1, -0.05) is 26.0 Å². The number of benzene rings is 1. The molecule has 3 N–H and O–H groups in total. The number of anilines is 1. The first-order valence-corrected chi connectivity index (χ1v) is 6.93. The molecule has 7 heteroatoms. The minimum absolute atomic E-state index is 0.180. The van der Waals surface area contributed by atoms with Crippen LogP contribution < -0.4 is 11.1 Å². The van der Waals surface area contributed by atoms with E-state index in [1.165, 1.54) is 0 Å². The number of carbonyl (C=O) groups is 1. The molecule has 1 aromatic carbocycles. The first kappa shape index (κ1) is 15.1. The van der Waals surface area contributed by atoms with Crippen molar-refractivity contribution in [3.63, 3.8) is 0 Å². The minimum atomic E-state index is -0.845. The van der Waals surface area contributed by atoms with Crippen molar-refractivity contribution in [3.8, 4) is 11.4 Å². The SMILES string of the molecule is CCC(N)(CC)C(=O)Nc1cccc(-c2nnnn2C)c1. The van der Waals surface area contributed by atoms with Crippen LogP contribution in [0.1, 0.15) is 26.7 Å². The second-order valence-electron chi connectivity index (χ2n) is 5.02. The number of hydrogen-bond donors (Lipinski definition) is 2. The van der Waals surface area contributed by atoms with Crippen molar-refractivity contribution in [2.24, 2.45) is 12.8 Å². The van der Waals surface area contributed by atoms with E-state index >= 15 is 0 Å². The number of nitrogens with one attached hydrogen (secondary N) is 1. The van der Waals surface area contributed by atoms with E-state index in [-0.39, 0.29) is 5.91 Å². The number of tetrazole rings is 1. The average molecular weight is 288 g/mol. The monoisotopic (exact) mass is 288 g/mol. The van der Waals surface area contributed by atoms with Gasteiger partial charge in [0.25, 0.3) is 0 Å². The topological polar surface area (TPSA) is 98.7 Å². The van der Waals surface area contributed by atoms with Gasteiger partial charge in [-0.15, -0.1) is 5.10 Å². The number of nitrogens with zero attached hydrogens (tertiary/aromatic N) is 4. The Balaban J connectivity index is 2.23. The molecule has 7 nitrogen and oxygen atoms in total. The molecule has 1 heterocycles. The van der Waals surface area contributed by atoms with Crippen LogP contribution in [0, 0.1) is 0 Å². The maximum absolute atomic E-state index is 12.3. The molecule has 21 heavy (non-hydrogen) atoms. The standard InChI is InChI=1S/C14H20N6O/c1-4-14(15,5-2)13(21)16-11-8-6-7-10(9-11)12-17-18-19-20(12)3/h6-9H,4-5,15H2,1-3H3,(H,16,21). The highest BCUT2D eigenvalue weighted by Gasteiger charge is 2.29.